The van der Waals surface area contributed by atoms with E-state index in [1.807, 2.05) is 19.1 Å². The van der Waals surface area contributed by atoms with Gasteiger partial charge in [-0.25, -0.2) is 0 Å². The highest BCUT2D eigenvalue weighted by Gasteiger charge is 2.35. The van der Waals surface area contributed by atoms with E-state index in [-0.39, 0.29) is 11.6 Å². The van der Waals surface area contributed by atoms with Gasteiger partial charge in [-0.3, -0.25) is 4.79 Å². The summed E-state index contributed by atoms with van der Waals surface area (Å²) >= 11 is 0. The van der Waals surface area contributed by atoms with Gasteiger partial charge in [-0.1, -0.05) is 29.8 Å². The lowest BCUT2D eigenvalue weighted by Gasteiger charge is -2.37. The van der Waals surface area contributed by atoms with E-state index >= 15 is 0 Å². The van der Waals surface area contributed by atoms with E-state index < -0.39 is 11.7 Å². The first-order chi connectivity index (χ1) is 11.9. The molecule has 1 saturated heterocycles. The van der Waals surface area contributed by atoms with Crippen molar-refractivity contribution < 1.29 is 18.0 Å². The Balaban J connectivity index is 1.70. The summed E-state index contributed by atoms with van der Waals surface area (Å²) in [6.45, 7) is 3.51. The topological polar surface area (TPSA) is 23.6 Å². The largest absolute Gasteiger partial charge is 0.418 e. The van der Waals surface area contributed by atoms with Crippen LogP contribution in [0.1, 0.15) is 21.5 Å². The predicted octanol–water partition coefficient (Wildman–Crippen LogP) is 3.98. The van der Waals surface area contributed by atoms with Gasteiger partial charge in [-0.15, -0.1) is 0 Å². The summed E-state index contributed by atoms with van der Waals surface area (Å²) in [4.78, 5) is 15.9. The standard InChI is InChI=1S/C19H19F3N2O/c1-14-6-8-15(9-7-14)18(25)24-12-10-23(11-13-24)17-5-3-2-4-16(17)19(20,21)22/h2-9H,10-13H2,1H3. The van der Waals surface area contributed by atoms with Crippen LogP contribution in [0.5, 0.6) is 0 Å². The predicted molar refractivity (Wildman–Crippen MR) is 90.7 cm³/mol. The molecule has 1 fully saturated rings. The Hall–Kier alpha value is -2.50. The van der Waals surface area contributed by atoms with Gasteiger partial charge >= 0.3 is 6.18 Å². The molecule has 1 aliphatic rings. The highest BCUT2D eigenvalue weighted by Crippen LogP contribution is 2.36. The molecule has 6 heteroatoms. The van der Waals surface area contributed by atoms with Crippen molar-refractivity contribution in [2.24, 2.45) is 0 Å². The normalized spacial score (nSPS) is 15.4. The molecule has 0 atom stereocenters. The van der Waals surface area contributed by atoms with Gasteiger partial charge in [0, 0.05) is 37.4 Å². The van der Waals surface area contributed by atoms with Crippen molar-refractivity contribution in [1.82, 2.24) is 4.90 Å². The van der Waals surface area contributed by atoms with Crippen molar-refractivity contribution in [2.45, 2.75) is 13.1 Å². The SMILES string of the molecule is Cc1ccc(C(=O)N2CCN(c3ccccc3C(F)(F)F)CC2)cc1. The van der Waals surface area contributed by atoms with Crippen molar-refractivity contribution in [2.75, 3.05) is 31.1 Å². The molecule has 132 valence electrons. The Morgan fingerprint density at radius 1 is 0.920 bits per heavy atom. The van der Waals surface area contributed by atoms with Crippen LogP contribution in [0, 0.1) is 6.92 Å². The minimum atomic E-state index is -4.38. The lowest BCUT2D eigenvalue weighted by Crippen LogP contribution is -2.49. The Labute approximate surface area is 144 Å². The second-order valence-corrected chi connectivity index (χ2v) is 6.16. The molecule has 25 heavy (non-hydrogen) atoms. The summed E-state index contributed by atoms with van der Waals surface area (Å²) in [6.07, 6.45) is -4.38. The van der Waals surface area contributed by atoms with Crippen molar-refractivity contribution in [3.05, 3.63) is 65.2 Å². The van der Waals surface area contributed by atoms with Crippen LogP contribution in [-0.4, -0.2) is 37.0 Å². The molecule has 0 bridgehead atoms. The second-order valence-electron chi connectivity index (χ2n) is 6.16. The van der Waals surface area contributed by atoms with E-state index in [2.05, 4.69) is 0 Å². The number of carbonyl (C=O) groups is 1. The molecule has 0 radical (unpaired) electrons. The zero-order valence-electron chi connectivity index (χ0n) is 13.9. The van der Waals surface area contributed by atoms with Gasteiger partial charge in [0.15, 0.2) is 0 Å². The molecule has 2 aromatic carbocycles. The summed E-state index contributed by atoms with van der Waals surface area (Å²) < 4.78 is 39.5. The molecule has 1 aliphatic heterocycles. The van der Waals surface area contributed by atoms with Gasteiger partial charge in [0.2, 0.25) is 0 Å². The van der Waals surface area contributed by atoms with Crippen LogP contribution in [0.3, 0.4) is 0 Å². The molecule has 0 aliphatic carbocycles. The summed E-state index contributed by atoms with van der Waals surface area (Å²) in [5.41, 5.74) is 1.23. The zero-order valence-corrected chi connectivity index (χ0v) is 13.9. The molecule has 0 unspecified atom stereocenters. The fourth-order valence-electron chi connectivity index (χ4n) is 3.02. The van der Waals surface area contributed by atoms with Crippen LogP contribution in [0.2, 0.25) is 0 Å². The second kappa shape index (κ2) is 6.78. The van der Waals surface area contributed by atoms with Gasteiger partial charge < -0.3 is 9.80 Å². The number of para-hydroxylation sites is 1. The van der Waals surface area contributed by atoms with Gasteiger partial charge in [-0.05, 0) is 31.2 Å². The molecule has 0 aromatic heterocycles. The third-order valence-electron chi connectivity index (χ3n) is 4.42. The van der Waals surface area contributed by atoms with Crippen LogP contribution in [0.4, 0.5) is 18.9 Å². The monoisotopic (exact) mass is 348 g/mol. The molecular formula is C19H19F3N2O. The summed E-state index contributed by atoms with van der Waals surface area (Å²) in [5, 5.41) is 0. The van der Waals surface area contributed by atoms with Crippen LogP contribution >= 0.6 is 0 Å². The maximum Gasteiger partial charge on any atom is 0.418 e. The van der Waals surface area contributed by atoms with Crippen LogP contribution in [0.15, 0.2) is 48.5 Å². The summed E-state index contributed by atoms with van der Waals surface area (Å²) in [6, 6.07) is 12.9. The summed E-state index contributed by atoms with van der Waals surface area (Å²) in [7, 11) is 0. The van der Waals surface area contributed by atoms with Crippen molar-refractivity contribution in [3.8, 4) is 0 Å². The molecule has 0 saturated carbocycles. The Kier molecular flexibility index (Phi) is 4.70. The molecule has 0 spiro atoms. The van der Waals surface area contributed by atoms with Crippen molar-refractivity contribution in [1.29, 1.82) is 0 Å². The number of nitrogens with zero attached hydrogens (tertiary/aromatic N) is 2. The van der Waals surface area contributed by atoms with Crippen molar-refractivity contribution in [3.63, 3.8) is 0 Å². The molecule has 0 N–H and O–H groups in total. The third-order valence-corrected chi connectivity index (χ3v) is 4.42. The average Bonchev–Trinajstić information content (AvgIpc) is 2.61. The maximum absolute atomic E-state index is 13.2. The van der Waals surface area contributed by atoms with Crippen molar-refractivity contribution >= 4 is 11.6 Å². The molecule has 3 rings (SSSR count). The summed E-state index contributed by atoms with van der Waals surface area (Å²) in [5.74, 6) is -0.0799. The lowest BCUT2D eigenvalue weighted by atomic mass is 10.1. The number of carbonyl (C=O) groups excluding carboxylic acids is 1. The first kappa shape index (κ1) is 17.3. The number of benzene rings is 2. The average molecular weight is 348 g/mol. The molecule has 1 heterocycles. The number of anilines is 1. The smallest absolute Gasteiger partial charge is 0.367 e. The number of aryl methyl sites for hydroxylation is 1. The van der Waals surface area contributed by atoms with Gasteiger partial charge in [0.05, 0.1) is 5.56 Å². The Morgan fingerprint density at radius 2 is 1.52 bits per heavy atom. The molecule has 1 amide bonds. The number of halogens is 3. The fraction of sp³-hybridized carbons (Fsp3) is 0.316. The minimum Gasteiger partial charge on any atom is -0.367 e. The molecular weight excluding hydrogens is 329 g/mol. The van der Waals surface area contributed by atoms with Crippen LogP contribution < -0.4 is 4.90 Å². The first-order valence-corrected chi connectivity index (χ1v) is 8.13. The first-order valence-electron chi connectivity index (χ1n) is 8.13. The van der Waals surface area contributed by atoms with E-state index in [0.717, 1.165) is 11.6 Å². The van der Waals surface area contributed by atoms with E-state index in [9.17, 15) is 18.0 Å². The fourth-order valence-corrected chi connectivity index (χ4v) is 3.02. The number of amides is 1. The third kappa shape index (κ3) is 3.78. The Bertz CT molecular complexity index is 748. The highest BCUT2D eigenvalue weighted by molar-refractivity contribution is 5.94. The number of piperazine rings is 1. The maximum atomic E-state index is 13.2. The van der Waals surface area contributed by atoms with Crippen LogP contribution in [-0.2, 0) is 6.18 Å². The highest BCUT2D eigenvalue weighted by atomic mass is 19.4. The molecule has 3 nitrogen and oxygen atoms in total. The van der Waals surface area contributed by atoms with Gasteiger partial charge in [0.1, 0.15) is 0 Å². The number of alkyl halides is 3. The quantitative estimate of drug-likeness (QED) is 0.820. The number of rotatable bonds is 2. The van der Waals surface area contributed by atoms with E-state index in [1.165, 1.54) is 12.1 Å². The zero-order chi connectivity index (χ0) is 18.0. The van der Waals surface area contributed by atoms with E-state index in [4.69, 9.17) is 0 Å². The minimum absolute atomic E-state index is 0.0799. The Morgan fingerprint density at radius 3 is 2.12 bits per heavy atom. The van der Waals surface area contributed by atoms with Crippen LogP contribution in [0.25, 0.3) is 0 Å². The van der Waals surface area contributed by atoms with E-state index in [0.29, 0.717) is 31.7 Å². The number of hydrogen-bond acceptors (Lipinski definition) is 2. The van der Waals surface area contributed by atoms with Gasteiger partial charge in [0.25, 0.3) is 5.91 Å². The van der Waals surface area contributed by atoms with E-state index in [1.54, 1.807) is 28.0 Å². The lowest BCUT2D eigenvalue weighted by molar-refractivity contribution is -0.137. The molecule has 2 aromatic rings. The van der Waals surface area contributed by atoms with Gasteiger partial charge in [-0.2, -0.15) is 13.2 Å². The number of hydrogen-bond donors (Lipinski definition) is 0.